The van der Waals surface area contributed by atoms with E-state index in [1.807, 2.05) is 19.1 Å². The van der Waals surface area contributed by atoms with E-state index in [1.54, 1.807) is 37.3 Å². The number of aryl methyl sites for hydroxylation is 2. The Labute approximate surface area is 139 Å². The van der Waals surface area contributed by atoms with Crippen LogP contribution in [-0.2, 0) is 0 Å². The lowest BCUT2D eigenvalue weighted by molar-refractivity contribution is 0.0729. The largest absolute Gasteiger partial charge is 0.493 e. The second kappa shape index (κ2) is 6.54. The van der Waals surface area contributed by atoms with Gasteiger partial charge in [0.1, 0.15) is 0 Å². The first-order valence-corrected chi connectivity index (χ1v) is 7.34. The zero-order valence-corrected chi connectivity index (χ0v) is 13.6. The van der Waals surface area contributed by atoms with Crippen LogP contribution in [0.25, 0.3) is 11.5 Å². The number of hydrogen-bond donors (Lipinski definition) is 0. The highest BCUT2D eigenvalue weighted by Crippen LogP contribution is 2.28. The summed E-state index contributed by atoms with van der Waals surface area (Å²) in [5.41, 5.74) is 2.17. The number of methoxy groups -OCH3 is 1. The van der Waals surface area contributed by atoms with Crippen LogP contribution in [0.2, 0.25) is 0 Å². The Kier molecular flexibility index (Phi) is 4.29. The third kappa shape index (κ3) is 3.27. The molecule has 2 aromatic carbocycles. The monoisotopic (exact) mass is 324 g/mol. The fourth-order valence-electron chi connectivity index (χ4n) is 2.18. The lowest BCUT2D eigenvalue weighted by atomic mass is 10.1. The molecule has 6 nitrogen and oxygen atoms in total. The molecule has 0 fully saturated rings. The van der Waals surface area contributed by atoms with Crippen molar-refractivity contribution in [2.45, 2.75) is 13.8 Å². The van der Waals surface area contributed by atoms with E-state index in [1.165, 1.54) is 7.11 Å². The predicted octanol–water partition coefficient (Wildman–Crippen LogP) is 3.58. The highest BCUT2D eigenvalue weighted by molar-refractivity contribution is 5.91. The molecule has 0 atom stereocenters. The van der Waals surface area contributed by atoms with E-state index in [2.05, 4.69) is 10.1 Å². The molecular weight excluding hydrogens is 308 g/mol. The molecule has 0 saturated carbocycles. The van der Waals surface area contributed by atoms with Gasteiger partial charge in [-0.2, -0.15) is 4.98 Å². The molecule has 0 aliphatic carbocycles. The topological polar surface area (TPSA) is 74.5 Å². The SMILES string of the molecule is COc1cc(C)ccc1OC(=O)c1ccc(-c2nc(C)no2)cc1. The number of ether oxygens (including phenoxy) is 2. The first-order chi connectivity index (χ1) is 11.6. The van der Waals surface area contributed by atoms with Gasteiger partial charge >= 0.3 is 5.97 Å². The Morgan fingerprint density at radius 3 is 2.42 bits per heavy atom. The Bertz CT molecular complexity index is 869. The second-order valence-electron chi connectivity index (χ2n) is 5.27. The van der Waals surface area contributed by atoms with Crippen molar-refractivity contribution in [2.24, 2.45) is 0 Å². The zero-order chi connectivity index (χ0) is 17.1. The number of nitrogens with zero attached hydrogens (tertiary/aromatic N) is 2. The van der Waals surface area contributed by atoms with Gasteiger partial charge in [0.15, 0.2) is 17.3 Å². The molecule has 3 aromatic rings. The normalized spacial score (nSPS) is 10.5. The third-order valence-corrected chi connectivity index (χ3v) is 3.42. The molecule has 0 aliphatic heterocycles. The quantitative estimate of drug-likeness (QED) is 0.539. The molecule has 0 aliphatic rings. The molecule has 24 heavy (non-hydrogen) atoms. The fourth-order valence-corrected chi connectivity index (χ4v) is 2.18. The summed E-state index contributed by atoms with van der Waals surface area (Å²) in [7, 11) is 1.54. The summed E-state index contributed by atoms with van der Waals surface area (Å²) in [5, 5.41) is 3.74. The highest BCUT2D eigenvalue weighted by atomic mass is 16.6. The molecule has 3 rings (SSSR count). The predicted molar refractivity (Wildman–Crippen MR) is 87.2 cm³/mol. The molecule has 1 heterocycles. The van der Waals surface area contributed by atoms with Crippen molar-refractivity contribution in [2.75, 3.05) is 7.11 Å². The molecule has 0 saturated heterocycles. The van der Waals surface area contributed by atoms with Crippen molar-refractivity contribution in [3.8, 4) is 23.0 Å². The summed E-state index contributed by atoms with van der Waals surface area (Å²) in [6.45, 7) is 3.68. The van der Waals surface area contributed by atoms with Crippen LogP contribution >= 0.6 is 0 Å². The first-order valence-electron chi connectivity index (χ1n) is 7.34. The van der Waals surface area contributed by atoms with Gasteiger partial charge in [-0.05, 0) is 55.8 Å². The molecule has 1 aromatic heterocycles. The van der Waals surface area contributed by atoms with E-state index in [9.17, 15) is 4.79 Å². The zero-order valence-electron chi connectivity index (χ0n) is 13.6. The highest BCUT2D eigenvalue weighted by Gasteiger charge is 2.13. The van der Waals surface area contributed by atoms with Crippen LogP contribution in [0.3, 0.4) is 0 Å². The van der Waals surface area contributed by atoms with E-state index in [-0.39, 0.29) is 0 Å². The van der Waals surface area contributed by atoms with E-state index in [0.29, 0.717) is 28.8 Å². The summed E-state index contributed by atoms with van der Waals surface area (Å²) < 4.78 is 15.7. The van der Waals surface area contributed by atoms with E-state index >= 15 is 0 Å². The van der Waals surface area contributed by atoms with E-state index < -0.39 is 5.97 Å². The van der Waals surface area contributed by atoms with Crippen LogP contribution in [0.15, 0.2) is 47.0 Å². The van der Waals surface area contributed by atoms with Gasteiger partial charge in [-0.15, -0.1) is 0 Å². The third-order valence-electron chi connectivity index (χ3n) is 3.42. The minimum Gasteiger partial charge on any atom is -0.493 e. The van der Waals surface area contributed by atoms with Gasteiger partial charge in [0.05, 0.1) is 12.7 Å². The molecule has 6 heteroatoms. The first kappa shape index (κ1) is 15.7. The maximum atomic E-state index is 12.3. The van der Waals surface area contributed by atoms with Gasteiger partial charge in [0.2, 0.25) is 0 Å². The average molecular weight is 324 g/mol. The molecular formula is C18H16N2O4. The van der Waals surface area contributed by atoms with Crippen LogP contribution in [0.4, 0.5) is 0 Å². The van der Waals surface area contributed by atoms with Crippen molar-refractivity contribution >= 4 is 5.97 Å². The van der Waals surface area contributed by atoms with Crippen molar-refractivity contribution in [1.29, 1.82) is 0 Å². The van der Waals surface area contributed by atoms with Gasteiger partial charge in [-0.1, -0.05) is 11.2 Å². The van der Waals surface area contributed by atoms with E-state index in [0.717, 1.165) is 11.1 Å². The van der Waals surface area contributed by atoms with Crippen molar-refractivity contribution in [1.82, 2.24) is 10.1 Å². The van der Waals surface area contributed by atoms with Crippen molar-refractivity contribution in [3.05, 3.63) is 59.4 Å². The number of carbonyl (C=O) groups is 1. The van der Waals surface area contributed by atoms with Crippen LogP contribution in [0.5, 0.6) is 11.5 Å². The summed E-state index contributed by atoms with van der Waals surface area (Å²) in [4.78, 5) is 16.4. The van der Waals surface area contributed by atoms with Crippen molar-refractivity contribution in [3.63, 3.8) is 0 Å². The summed E-state index contributed by atoms with van der Waals surface area (Å²) >= 11 is 0. The smallest absolute Gasteiger partial charge is 0.343 e. The maximum Gasteiger partial charge on any atom is 0.343 e. The second-order valence-corrected chi connectivity index (χ2v) is 5.27. The lowest BCUT2D eigenvalue weighted by Gasteiger charge is -2.10. The molecule has 0 N–H and O–H groups in total. The summed E-state index contributed by atoms with van der Waals surface area (Å²) in [5.74, 6) is 1.39. The van der Waals surface area contributed by atoms with E-state index in [4.69, 9.17) is 14.0 Å². The minimum absolute atomic E-state index is 0.379. The van der Waals surface area contributed by atoms with Crippen LogP contribution in [-0.4, -0.2) is 23.2 Å². The number of hydrogen-bond acceptors (Lipinski definition) is 6. The van der Waals surface area contributed by atoms with Gasteiger partial charge in [0, 0.05) is 5.56 Å². The Hall–Kier alpha value is -3.15. The molecule has 122 valence electrons. The van der Waals surface area contributed by atoms with Gasteiger partial charge in [-0.25, -0.2) is 4.79 Å². The molecule has 0 amide bonds. The molecule has 0 radical (unpaired) electrons. The number of rotatable bonds is 4. The summed E-state index contributed by atoms with van der Waals surface area (Å²) in [6.07, 6.45) is 0. The molecule has 0 spiro atoms. The fraction of sp³-hybridized carbons (Fsp3) is 0.167. The Balaban J connectivity index is 1.78. The minimum atomic E-state index is -0.467. The van der Waals surface area contributed by atoms with Crippen LogP contribution in [0, 0.1) is 13.8 Å². The molecule has 0 unspecified atom stereocenters. The number of carbonyl (C=O) groups excluding carboxylic acids is 1. The van der Waals surface area contributed by atoms with Gasteiger partial charge in [0.25, 0.3) is 5.89 Å². The van der Waals surface area contributed by atoms with Gasteiger partial charge in [-0.3, -0.25) is 0 Å². The number of esters is 1. The maximum absolute atomic E-state index is 12.3. The molecule has 0 bridgehead atoms. The Morgan fingerprint density at radius 1 is 1.04 bits per heavy atom. The standard InChI is InChI=1S/C18H16N2O4/c1-11-4-9-15(16(10-11)22-3)23-18(21)14-7-5-13(6-8-14)17-19-12(2)20-24-17/h4-10H,1-3H3. The lowest BCUT2D eigenvalue weighted by Crippen LogP contribution is -2.09. The number of benzene rings is 2. The average Bonchev–Trinajstić information content (AvgIpc) is 3.03. The Morgan fingerprint density at radius 2 is 1.79 bits per heavy atom. The van der Waals surface area contributed by atoms with Gasteiger partial charge < -0.3 is 14.0 Å². The van der Waals surface area contributed by atoms with Crippen LogP contribution in [0.1, 0.15) is 21.7 Å². The number of aromatic nitrogens is 2. The summed E-state index contributed by atoms with van der Waals surface area (Å²) in [6, 6.07) is 12.1. The van der Waals surface area contributed by atoms with Crippen LogP contribution < -0.4 is 9.47 Å². The van der Waals surface area contributed by atoms with Crippen molar-refractivity contribution < 1.29 is 18.8 Å².